The summed E-state index contributed by atoms with van der Waals surface area (Å²) in [7, 11) is 0. The summed E-state index contributed by atoms with van der Waals surface area (Å²) < 4.78 is 8.14. The summed E-state index contributed by atoms with van der Waals surface area (Å²) in [5.41, 5.74) is 0.0790. The second kappa shape index (κ2) is 5.76. The van der Waals surface area contributed by atoms with Crippen LogP contribution in [0.25, 0.3) is 0 Å². The molecular weight excluding hydrogens is 392 g/mol. The van der Waals surface area contributed by atoms with Gasteiger partial charge in [-0.2, -0.15) is 0 Å². The van der Waals surface area contributed by atoms with Crippen molar-refractivity contribution in [2.24, 2.45) is 5.92 Å². The third-order valence-electron chi connectivity index (χ3n) is 4.45. The first kappa shape index (κ1) is 14.5. The lowest BCUT2D eigenvalue weighted by Crippen LogP contribution is -2.39. The minimum atomic E-state index is -0.353. The fourth-order valence-corrected chi connectivity index (χ4v) is 5.61. The van der Waals surface area contributed by atoms with E-state index in [1.807, 2.05) is 6.07 Å². The van der Waals surface area contributed by atoms with Crippen molar-refractivity contribution in [3.63, 3.8) is 0 Å². The number of rotatable bonds is 2. The summed E-state index contributed by atoms with van der Waals surface area (Å²) in [6.45, 7) is 0.801. The molecular formula is C14H18Br2O2S. The Morgan fingerprint density at radius 1 is 1.37 bits per heavy atom. The lowest BCUT2D eigenvalue weighted by atomic mass is 9.81. The van der Waals surface area contributed by atoms with Crippen LogP contribution in [0.5, 0.6) is 0 Å². The molecule has 1 aromatic heterocycles. The lowest BCUT2D eigenvalue weighted by molar-refractivity contribution is -0.113. The van der Waals surface area contributed by atoms with Gasteiger partial charge in [-0.05, 0) is 69.5 Å². The summed E-state index contributed by atoms with van der Waals surface area (Å²) >= 11 is 8.63. The Labute approximate surface area is 134 Å². The summed E-state index contributed by atoms with van der Waals surface area (Å²) in [6, 6.07) is 2.04. The Morgan fingerprint density at radius 2 is 2.11 bits per heavy atom. The molecule has 0 bridgehead atoms. The quantitative estimate of drug-likeness (QED) is 0.740. The van der Waals surface area contributed by atoms with Crippen LogP contribution in [-0.2, 0) is 4.74 Å². The van der Waals surface area contributed by atoms with Gasteiger partial charge in [-0.3, -0.25) is 0 Å². The largest absolute Gasteiger partial charge is 0.387 e. The third kappa shape index (κ3) is 2.95. The molecule has 106 valence electrons. The van der Waals surface area contributed by atoms with Crippen LogP contribution in [0.3, 0.4) is 0 Å². The highest BCUT2D eigenvalue weighted by Gasteiger charge is 2.42. The summed E-state index contributed by atoms with van der Waals surface area (Å²) in [5.74, 6) is 0.337. The van der Waals surface area contributed by atoms with Crippen molar-refractivity contribution < 1.29 is 9.84 Å². The maximum Gasteiger partial charge on any atom is 0.0912 e. The molecule has 1 N–H and O–H groups in total. The molecule has 2 fully saturated rings. The molecule has 0 radical (unpaired) electrons. The van der Waals surface area contributed by atoms with Gasteiger partial charge in [-0.1, -0.05) is 12.8 Å². The van der Waals surface area contributed by atoms with E-state index in [-0.39, 0.29) is 11.7 Å². The van der Waals surface area contributed by atoms with E-state index in [9.17, 15) is 5.11 Å². The van der Waals surface area contributed by atoms with Gasteiger partial charge in [0.15, 0.2) is 0 Å². The number of thiophene rings is 1. The lowest BCUT2D eigenvalue weighted by Gasteiger charge is -2.39. The molecule has 19 heavy (non-hydrogen) atoms. The van der Waals surface area contributed by atoms with Gasteiger partial charge in [-0.15, -0.1) is 11.3 Å². The van der Waals surface area contributed by atoms with E-state index in [1.54, 1.807) is 11.3 Å². The predicted molar refractivity (Wildman–Crippen MR) is 84.6 cm³/mol. The Morgan fingerprint density at radius 3 is 2.74 bits per heavy atom. The second-order valence-electron chi connectivity index (χ2n) is 5.71. The molecule has 0 aromatic carbocycles. The predicted octanol–water partition coefficient (Wildman–Crippen LogP) is 5.05. The number of hydrogen-bond acceptors (Lipinski definition) is 3. The van der Waals surface area contributed by atoms with Crippen LogP contribution in [0.15, 0.2) is 14.3 Å². The molecule has 1 aliphatic heterocycles. The molecule has 1 saturated carbocycles. The van der Waals surface area contributed by atoms with Gasteiger partial charge in [0.1, 0.15) is 0 Å². The molecule has 1 aliphatic carbocycles. The van der Waals surface area contributed by atoms with E-state index < -0.39 is 0 Å². The Kier molecular flexibility index (Phi) is 4.40. The first-order valence-electron chi connectivity index (χ1n) is 6.86. The SMILES string of the molecule is OC(c1cc(Br)c(Br)s1)C1CCOC2(CCCC2)C1. The van der Waals surface area contributed by atoms with Gasteiger partial charge in [0.2, 0.25) is 0 Å². The number of ether oxygens (including phenoxy) is 1. The fraction of sp³-hybridized carbons (Fsp3) is 0.714. The highest BCUT2D eigenvalue weighted by atomic mass is 79.9. The Hall–Kier alpha value is 0.580. The van der Waals surface area contributed by atoms with Crippen LogP contribution < -0.4 is 0 Å². The molecule has 2 aliphatic rings. The molecule has 1 spiro atoms. The standard InChI is InChI=1S/C14H18Br2O2S/c15-10-7-11(19-13(10)16)12(17)9-3-6-18-14(8-9)4-1-2-5-14/h7,9,12,17H,1-6,8H2. The van der Waals surface area contributed by atoms with Gasteiger partial charge in [0, 0.05) is 16.0 Å². The maximum atomic E-state index is 10.6. The maximum absolute atomic E-state index is 10.6. The van der Waals surface area contributed by atoms with E-state index in [2.05, 4.69) is 31.9 Å². The highest BCUT2D eigenvalue weighted by molar-refractivity contribution is 9.13. The van der Waals surface area contributed by atoms with Crippen LogP contribution in [0.1, 0.15) is 49.5 Å². The van der Waals surface area contributed by atoms with E-state index in [4.69, 9.17) is 4.74 Å². The van der Waals surface area contributed by atoms with Crippen LogP contribution >= 0.6 is 43.2 Å². The zero-order valence-corrected chi connectivity index (χ0v) is 14.7. The van der Waals surface area contributed by atoms with Crippen LogP contribution in [0.2, 0.25) is 0 Å². The molecule has 1 saturated heterocycles. The molecule has 2 unspecified atom stereocenters. The molecule has 2 nitrogen and oxygen atoms in total. The Balaban J connectivity index is 1.74. The minimum absolute atomic E-state index is 0.0790. The van der Waals surface area contributed by atoms with Crippen molar-refractivity contribution in [1.29, 1.82) is 0 Å². The van der Waals surface area contributed by atoms with Crippen molar-refractivity contribution in [3.8, 4) is 0 Å². The van der Waals surface area contributed by atoms with E-state index in [1.165, 1.54) is 25.7 Å². The number of aliphatic hydroxyl groups is 1. The van der Waals surface area contributed by atoms with Crippen molar-refractivity contribution >= 4 is 43.2 Å². The second-order valence-corrected chi connectivity index (χ2v) is 8.96. The smallest absolute Gasteiger partial charge is 0.0912 e. The number of halogens is 2. The third-order valence-corrected chi connectivity index (χ3v) is 7.78. The van der Waals surface area contributed by atoms with Crippen molar-refractivity contribution in [2.75, 3.05) is 6.61 Å². The monoisotopic (exact) mass is 408 g/mol. The first-order chi connectivity index (χ1) is 9.10. The first-order valence-corrected chi connectivity index (χ1v) is 9.27. The average molecular weight is 410 g/mol. The summed E-state index contributed by atoms with van der Waals surface area (Å²) in [4.78, 5) is 1.05. The van der Waals surface area contributed by atoms with Gasteiger partial charge in [0.05, 0.1) is 15.5 Å². The minimum Gasteiger partial charge on any atom is -0.387 e. The molecule has 0 amide bonds. The van der Waals surface area contributed by atoms with Crippen molar-refractivity contribution in [1.82, 2.24) is 0 Å². The molecule has 5 heteroatoms. The van der Waals surface area contributed by atoms with E-state index in [0.29, 0.717) is 5.92 Å². The fourth-order valence-electron chi connectivity index (χ4n) is 3.44. The average Bonchev–Trinajstić information content (AvgIpc) is 2.97. The normalized spacial score (nSPS) is 27.8. The molecule has 3 rings (SSSR count). The van der Waals surface area contributed by atoms with Gasteiger partial charge >= 0.3 is 0 Å². The van der Waals surface area contributed by atoms with Crippen molar-refractivity contribution in [2.45, 2.75) is 50.2 Å². The Bertz CT molecular complexity index is 435. The number of aliphatic hydroxyl groups excluding tert-OH is 1. The van der Waals surface area contributed by atoms with Crippen LogP contribution in [-0.4, -0.2) is 17.3 Å². The van der Waals surface area contributed by atoms with Crippen molar-refractivity contribution in [3.05, 3.63) is 19.2 Å². The summed E-state index contributed by atoms with van der Waals surface area (Å²) in [6.07, 6.45) is 6.53. The van der Waals surface area contributed by atoms with Crippen LogP contribution in [0, 0.1) is 5.92 Å². The zero-order chi connectivity index (χ0) is 13.5. The van der Waals surface area contributed by atoms with Gasteiger partial charge in [-0.25, -0.2) is 0 Å². The molecule has 2 heterocycles. The van der Waals surface area contributed by atoms with Gasteiger partial charge < -0.3 is 9.84 Å². The zero-order valence-electron chi connectivity index (χ0n) is 10.7. The van der Waals surface area contributed by atoms with Crippen LogP contribution in [0.4, 0.5) is 0 Å². The van der Waals surface area contributed by atoms with Gasteiger partial charge in [0.25, 0.3) is 0 Å². The summed E-state index contributed by atoms with van der Waals surface area (Å²) in [5, 5.41) is 10.6. The van der Waals surface area contributed by atoms with E-state index in [0.717, 1.165) is 32.6 Å². The number of hydrogen-bond donors (Lipinski definition) is 1. The topological polar surface area (TPSA) is 29.5 Å². The molecule has 1 aromatic rings. The highest BCUT2D eigenvalue weighted by Crippen LogP contribution is 2.47. The molecule has 2 atom stereocenters. The van der Waals surface area contributed by atoms with E-state index >= 15 is 0 Å².